The molecule has 1 unspecified atom stereocenters. The maximum atomic E-state index is 12.9. The molecule has 0 radical (unpaired) electrons. The van der Waals surface area contributed by atoms with E-state index in [0.717, 1.165) is 17.7 Å². The molecule has 3 aromatic rings. The number of ether oxygens (including phenoxy) is 1. The first-order chi connectivity index (χ1) is 13.6. The van der Waals surface area contributed by atoms with Gasteiger partial charge in [-0.05, 0) is 43.2 Å². The minimum Gasteiger partial charge on any atom is -0.496 e. The number of carbonyl (C=O) groups excluding carboxylic acids is 1. The Kier molecular flexibility index (Phi) is 5.28. The number of amides is 1. The van der Waals surface area contributed by atoms with Gasteiger partial charge in [-0.2, -0.15) is 0 Å². The average Bonchev–Trinajstić information content (AvgIpc) is 3.34. The van der Waals surface area contributed by atoms with Crippen LogP contribution in [0.3, 0.4) is 0 Å². The summed E-state index contributed by atoms with van der Waals surface area (Å²) in [6.07, 6.45) is 0.888. The first-order valence-electron chi connectivity index (χ1n) is 8.89. The van der Waals surface area contributed by atoms with Gasteiger partial charge in [-0.1, -0.05) is 41.6 Å². The Hall–Kier alpha value is -2.51. The molecule has 1 N–H and O–H groups in total. The van der Waals surface area contributed by atoms with E-state index in [0.29, 0.717) is 28.3 Å². The van der Waals surface area contributed by atoms with Crippen molar-refractivity contribution in [2.24, 2.45) is 0 Å². The van der Waals surface area contributed by atoms with Gasteiger partial charge in [-0.3, -0.25) is 9.89 Å². The van der Waals surface area contributed by atoms with Crippen LogP contribution in [-0.4, -0.2) is 40.0 Å². The molecule has 0 aliphatic carbocycles. The first-order valence-corrected chi connectivity index (χ1v) is 10.1. The lowest BCUT2D eigenvalue weighted by molar-refractivity contribution is -0.117. The number of H-pyrrole nitrogens is 1. The van der Waals surface area contributed by atoms with Crippen LogP contribution in [0.2, 0.25) is 5.02 Å². The largest absolute Gasteiger partial charge is 0.496 e. The quantitative estimate of drug-likeness (QED) is 0.633. The number of aromatic nitrogens is 3. The van der Waals surface area contributed by atoms with Crippen LogP contribution in [0.4, 0.5) is 5.69 Å². The number of benzene rings is 2. The maximum Gasteiger partial charge on any atom is 0.240 e. The average molecular weight is 415 g/mol. The Labute approximate surface area is 172 Å². The molecule has 1 atom stereocenters. The summed E-state index contributed by atoms with van der Waals surface area (Å²) in [5, 5.41) is 7.93. The van der Waals surface area contributed by atoms with Gasteiger partial charge in [0.2, 0.25) is 11.1 Å². The first kappa shape index (κ1) is 18.8. The van der Waals surface area contributed by atoms with Crippen molar-refractivity contribution >= 4 is 35.0 Å². The van der Waals surface area contributed by atoms with E-state index in [4.69, 9.17) is 16.3 Å². The fourth-order valence-corrected chi connectivity index (χ4v) is 4.24. The number of nitrogens with zero attached hydrogens (tertiary/aromatic N) is 3. The van der Waals surface area contributed by atoms with E-state index in [-0.39, 0.29) is 11.2 Å². The molecule has 0 saturated heterocycles. The highest BCUT2D eigenvalue weighted by Crippen LogP contribution is 2.33. The van der Waals surface area contributed by atoms with E-state index >= 15 is 0 Å². The third kappa shape index (κ3) is 3.59. The van der Waals surface area contributed by atoms with Gasteiger partial charge in [0.25, 0.3) is 0 Å². The van der Waals surface area contributed by atoms with Gasteiger partial charge < -0.3 is 9.64 Å². The summed E-state index contributed by atoms with van der Waals surface area (Å²) in [5.74, 6) is 1.25. The van der Waals surface area contributed by atoms with Gasteiger partial charge in [0.05, 0.1) is 17.9 Å². The summed E-state index contributed by atoms with van der Waals surface area (Å²) in [4.78, 5) is 19.3. The van der Waals surface area contributed by atoms with Crippen LogP contribution >= 0.6 is 23.4 Å². The predicted molar refractivity (Wildman–Crippen MR) is 111 cm³/mol. The smallest absolute Gasteiger partial charge is 0.240 e. The summed E-state index contributed by atoms with van der Waals surface area (Å²) in [6, 6.07) is 13.3. The van der Waals surface area contributed by atoms with Crippen LogP contribution in [0.15, 0.2) is 47.6 Å². The molecule has 1 aromatic heterocycles. The Morgan fingerprint density at radius 2 is 2.14 bits per heavy atom. The van der Waals surface area contributed by atoms with Crippen molar-refractivity contribution in [3.05, 3.63) is 53.1 Å². The van der Waals surface area contributed by atoms with E-state index in [1.807, 2.05) is 30.0 Å². The molecule has 1 aliphatic rings. The monoisotopic (exact) mass is 414 g/mol. The number of thioether (sulfide) groups is 1. The summed E-state index contributed by atoms with van der Waals surface area (Å²) in [5.41, 5.74) is 2.93. The third-order valence-electron chi connectivity index (χ3n) is 4.66. The molecule has 0 bridgehead atoms. The number of methoxy groups -OCH3 is 1. The Morgan fingerprint density at radius 3 is 2.96 bits per heavy atom. The number of hydrogen-bond donors (Lipinski definition) is 1. The van der Waals surface area contributed by atoms with E-state index in [1.165, 1.54) is 17.3 Å². The van der Waals surface area contributed by atoms with Crippen LogP contribution in [0.25, 0.3) is 11.4 Å². The number of fused-ring (bicyclic) bond motifs is 1. The molecule has 6 nitrogen and oxygen atoms in total. The molecule has 144 valence electrons. The zero-order chi connectivity index (χ0) is 19.7. The van der Waals surface area contributed by atoms with Gasteiger partial charge in [-0.15, -0.1) is 5.10 Å². The second kappa shape index (κ2) is 7.85. The summed E-state index contributed by atoms with van der Waals surface area (Å²) >= 11 is 7.43. The normalized spacial score (nSPS) is 14.0. The number of hydrogen-bond acceptors (Lipinski definition) is 5. The highest BCUT2D eigenvalue weighted by molar-refractivity contribution is 8.00. The molecule has 0 saturated carbocycles. The molecular formula is C20H19ClN4O2S. The third-order valence-corrected chi connectivity index (χ3v) is 5.85. The number of anilines is 1. The molecule has 1 aliphatic heterocycles. The number of rotatable bonds is 5. The topological polar surface area (TPSA) is 71.1 Å². The van der Waals surface area contributed by atoms with Crippen molar-refractivity contribution in [2.75, 3.05) is 18.6 Å². The summed E-state index contributed by atoms with van der Waals surface area (Å²) in [6.45, 7) is 2.59. The Bertz CT molecular complexity index is 1020. The van der Waals surface area contributed by atoms with E-state index in [2.05, 4.69) is 21.2 Å². The van der Waals surface area contributed by atoms with Gasteiger partial charge in [0, 0.05) is 17.3 Å². The summed E-state index contributed by atoms with van der Waals surface area (Å²) < 4.78 is 5.37. The van der Waals surface area contributed by atoms with Crippen molar-refractivity contribution in [3.8, 4) is 17.1 Å². The van der Waals surface area contributed by atoms with Crippen molar-refractivity contribution in [1.82, 2.24) is 15.2 Å². The molecule has 1 amide bonds. The van der Waals surface area contributed by atoms with Crippen molar-refractivity contribution in [2.45, 2.75) is 23.8 Å². The van der Waals surface area contributed by atoms with Crippen LogP contribution in [-0.2, 0) is 11.2 Å². The molecular weight excluding hydrogens is 396 g/mol. The van der Waals surface area contributed by atoms with E-state index in [1.54, 1.807) is 25.3 Å². The SMILES string of the molecule is COc1ccc(Cl)cc1-c1nc(SC(C)C(=O)N2CCc3ccccc32)n[nH]1. The number of nitrogens with one attached hydrogen (secondary N) is 1. The second-order valence-electron chi connectivity index (χ2n) is 6.44. The van der Waals surface area contributed by atoms with Gasteiger partial charge in [0.1, 0.15) is 5.75 Å². The lowest BCUT2D eigenvalue weighted by atomic mass is 10.2. The van der Waals surface area contributed by atoms with Crippen LogP contribution in [0.1, 0.15) is 12.5 Å². The van der Waals surface area contributed by atoms with E-state index < -0.39 is 0 Å². The number of para-hydroxylation sites is 1. The fourth-order valence-electron chi connectivity index (χ4n) is 3.28. The molecule has 28 heavy (non-hydrogen) atoms. The minimum absolute atomic E-state index is 0.0571. The van der Waals surface area contributed by atoms with Crippen LogP contribution in [0.5, 0.6) is 5.75 Å². The molecule has 8 heteroatoms. The number of aromatic amines is 1. The molecule has 0 fully saturated rings. The molecule has 2 aromatic carbocycles. The van der Waals surface area contributed by atoms with Crippen molar-refractivity contribution in [3.63, 3.8) is 0 Å². The van der Waals surface area contributed by atoms with Crippen molar-refractivity contribution < 1.29 is 9.53 Å². The number of carbonyl (C=O) groups is 1. The van der Waals surface area contributed by atoms with Crippen molar-refractivity contribution in [1.29, 1.82) is 0 Å². The van der Waals surface area contributed by atoms with Gasteiger partial charge in [0.15, 0.2) is 5.82 Å². The predicted octanol–water partition coefficient (Wildman–Crippen LogP) is 4.20. The lowest BCUT2D eigenvalue weighted by Crippen LogP contribution is -2.35. The molecule has 0 spiro atoms. The molecule has 4 rings (SSSR count). The minimum atomic E-state index is -0.309. The Morgan fingerprint density at radius 1 is 1.32 bits per heavy atom. The fraction of sp³-hybridized carbons (Fsp3) is 0.250. The highest BCUT2D eigenvalue weighted by atomic mass is 35.5. The van der Waals surface area contributed by atoms with Crippen LogP contribution in [0, 0.1) is 0 Å². The van der Waals surface area contributed by atoms with Crippen LogP contribution < -0.4 is 9.64 Å². The summed E-state index contributed by atoms with van der Waals surface area (Å²) in [7, 11) is 1.59. The lowest BCUT2D eigenvalue weighted by Gasteiger charge is -2.20. The van der Waals surface area contributed by atoms with Gasteiger partial charge in [-0.25, -0.2) is 4.98 Å². The van der Waals surface area contributed by atoms with E-state index in [9.17, 15) is 4.79 Å². The zero-order valence-electron chi connectivity index (χ0n) is 15.5. The second-order valence-corrected chi connectivity index (χ2v) is 8.18. The number of halogens is 1. The highest BCUT2D eigenvalue weighted by Gasteiger charge is 2.29. The zero-order valence-corrected chi connectivity index (χ0v) is 17.0. The van der Waals surface area contributed by atoms with Gasteiger partial charge >= 0.3 is 0 Å². The molecule has 2 heterocycles. The standard InChI is InChI=1S/C20H19ClN4O2S/c1-12(19(26)25-10-9-13-5-3-4-6-16(13)25)28-20-22-18(23-24-20)15-11-14(21)7-8-17(15)27-2/h3-8,11-12H,9-10H2,1-2H3,(H,22,23,24). The maximum absolute atomic E-state index is 12.9. The Balaban J connectivity index is 1.50.